The Morgan fingerprint density at radius 3 is 2.55 bits per heavy atom. The van der Waals surface area contributed by atoms with Gasteiger partial charge in [0.15, 0.2) is 11.6 Å². The maximum atomic E-state index is 13.5. The van der Waals surface area contributed by atoms with Gasteiger partial charge < -0.3 is 10.1 Å². The number of hydrogen-bond acceptors (Lipinski definition) is 2. The fourth-order valence-electron chi connectivity index (χ4n) is 1.62. The molecule has 2 aromatic rings. The number of anilines is 1. The lowest BCUT2D eigenvalue weighted by atomic mass is 10.2. The highest BCUT2D eigenvalue weighted by atomic mass is 79.9. The molecule has 0 radical (unpaired) electrons. The molecule has 0 aliphatic carbocycles. The molecule has 0 fully saturated rings. The second-order valence-electron chi connectivity index (χ2n) is 3.93. The Labute approximate surface area is 122 Å². The van der Waals surface area contributed by atoms with Crippen LogP contribution in [0, 0.1) is 11.6 Å². The van der Waals surface area contributed by atoms with Crippen LogP contribution in [0.3, 0.4) is 0 Å². The molecular formula is C14H10BrF2NO2. The highest BCUT2D eigenvalue weighted by Gasteiger charge is 2.12. The molecule has 1 N–H and O–H groups in total. The van der Waals surface area contributed by atoms with Crippen molar-refractivity contribution in [3.8, 4) is 5.75 Å². The first-order valence-electron chi connectivity index (χ1n) is 5.61. The first-order chi connectivity index (χ1) is 9.51. The first-order valence-corrected chi connectivity index (χ1v) is 6.40. The molecule has 0 aromatic heterocycles. The van der Waals surface area contributed by atoms with E-state index in [0.717, 1.165) is 6.07 Å². The predicted octanol–water partition coefficient (Wildman–Crippen LogP) is 3.99. The highest BCUT2D eigenvalue weighted by molar-refractivity contribution is 9.10. The van der Waals surface area contributed by atoms with Crippen LogP contribution in [0.15, 0.2) is 40.9 Å². The van der Waals surface area contributed by atoms with Crippen molar-refractivity contribution in [3.63, 3.8) is 0 Å². The summed E-state index contributed by atoms with van der Waals surface area (Å²) in [5, 5.41) is 2.52. The summed E-state index contributed by atoms with van der Waals surface area (Å²) in [5.41, 5.74) is 0.534. The highest BCUT2D eigenvalue weighted by Crippen LogP contribution is 2.23. The summed E-state index contributed by atoms with van der Waals surface area (Å²) >= 11 is 3.10. The summed E-state index contributed by atoms with van der Waals surface area (Å²) in [6, 6.07) is 7.77. The first kappa shape index (κ1) is 14.5. The fraction of sp³-hybridized carbons (Fsp3) is 0.0714. The molecule has 0 aliphatic rings. The van der Waals surface area contributed by atoms with Gasteiger partial charge in [0.1, 0.15) is 5.82 Å². The molecule has 104 valence electrons. The molecule has 0 bridgehead atoms. The van der Waals surface area contributed by atoms with Gasteiger partial charge in [-0.2, -0.15) is 0 Å². The van der Waals surface area contributed by atoms with Gasteiger partial charge in [-0.05, 0) is 46.3 Å². The van der Waals surface area contributed by atoms with Gasteiger partial charge in [-0.3, -0.25) is 4.79 Å². The molecule has 1 amide bonds. The van der Waals surface area contributed by atoms with Gasteiger partial charge in [0.25, 0.3) is 5.91 Å². The van der Waals surface area contributed by atoms with Gasteiger partial charge >= 0.3 is 0 Å². The number of hydrogen-bond donors (Lipinski definition) is 1. The summed E-state index contributed by atoms with van der Waals surface area (Å²) in [4.78, 5) is 12.0. The Kier molecular flexibility index (Phi) is 4.34. The zero-order chi connectivity index (χ0) is 14.7. The number of methoxy groups -OCH3 is 1. The summed E-state index contributed by atoms with van der Waals surface area (Å²) in [6.45, 7) is 0. The van der Waals surface area contributed by atoms with Crippen LogP contribution in [0.5, 0.6) is 5.75 Å². The maximum Gasteiger partial charge on any atom is 0.256 e. The summed E-state index contributed by atoms with van der Waals surface area (Å²) in [6.07, 6.45) is 0. The van der Waals surface area contributed by atoms with E-state index in [1.54, 1.807) is 0 Å². The van der Waals surface area contributed by atoms with E-state index in [1.807, 2.05) is 0 Å². The van der Waals surface area contributed by atoms with E-state index in [1.165, 1.54) is 37.4 Å². The number of halogens is 3. The standard InChI is InChI=1S/C14H10BrF2NO2/c1-20-13-5-3-9(7-12(13)17)18-14(19)10-4-2-8(16)6-11(10)15/h2-7H,1H3,(H,18,19). The quantitative estimate of drug-likeness (QED) is 0.916. The van der Waals surface area contributed by atoms with Crippen LogP contribution in [0.2, 0.25) is 0 Å². The Morgan fingerprint density at radius 1 is 1.20 bits per heavy atom. The number of amides is 1. The van der Waals surface area contributed by atoms with Crippen LogP contribution < -0.4 is 10.1 Å². The van der Waals surface area contributed by atoms with Crippen LogP contribution in [0.4, 0.5) is 14.5 Å². The Bertz CT molecular complexity index is 662. The molecule has 6 heteroatoms. The molecule has 0 saturated heterocycles. The number of carbonyl (C=O) groups is 1. The number of ether oxygens (including phenoxy) is 1. The van der Waals surface area contributed by atoms with Crippen LogP contribution >= 0.6 is 15.9 Å². The average molecular weight is 342 g/mol. The second kappa shape index (κ2) is 6.00. The fourth-order valence-corrected chi connectivity index (χ4v) is 2.15. The smallest absolute Gasteiger partial charge is 0.256 e. The minimum atomic E-state index is -0.580. The zero-order valence-corrected chi connectivity index (χ0v) is 12.0. The van der Waals surface area contributed by atoms with Crippen molar-refractivity contribution in [1.29, 1.82) is 0 Å². The minimum Gasteiger partial charge on any atom is -0.494 e. The summed E-state index contributed by atoms with van der Waals surface area (Å²) in [5.74, 6) is -1.42. The molecule has 20 heavy (non-hydrogen) atoms. The number of rotatable bonds is 3. The molecular weight excluding hydrogens is 332 g/mol. The molecule has 0 saturated carbocycles. The van der Waals surface area contributed by atoms with Crippen LogP contribution in [-0.4, -0.2) is 13.0 Å². The second-order valence-corrected chi connectivity index (χ2v) is 4.78. The predicted molar refractivity (Wildman–Crippen MR) is 75.0 cm³/mol. The lowest BCUT2D eigenvalue weighted by molar-refractivity contribution is 0.102. The van der Waals surface area contributed by atoms with E-state index in [0.29, 0.717) is 4.47 Å². The average Bonchev–Trinajstić information content (AvgIpc) is 2.38. The van der Waals surface area contributed by atoms with Crippen molar-refractivity contribution in [1.82, 2.24) is 0 Å². The van der Waals surface area contributed by atoms with E-state index in [2.05, 4.69) is 21.2 Å². The minimum absolute atomic E-state index is 0.0889. The van der Waals surface area contributed by atoms with Gasteiger partial charge in [-0.15, -0.1) is 0 Å². The molecule has 0 unspecified atom stereocenters. The van der Waals surface area contributed by atoms with Gasteiger partial charge in [0, 0.05) is 16.2 Å². The third-order valence-corrected chi connectivity index (χ3v) is 3.24. The van der Waals surface area contributed by atoms with Crippen molar-refractivity contribution >= 4 is 27.5 Å². The molecule has 0 heterocycles. The van der Waals surface area contributed by atoms with E-state index < -0.39 is 17.5 Å². The van der Waals surface area contributed by atoms with Crippen LogP contribution in [0.1, 0.15) is 10.4 Å². The summed E-state index contributed by atoms with van der Waals surface area (Å²) < 4.78 is 31.6. The Balaban J connectivity index is 2.21. The molecule has 2 aromatic carbocycles. The lowest BCUT2D eigenvalue weighted by Gasteiger charge is -2.08. The number of nitrogens with one attached hydrogen (secondary N) is 1. The zero-order valence-electron chi connectivity index (χ0n) is 10.4. The third-order valence-electron chi connectivity index (χ3n) is 2.59. The molecule has 3 nitrogen and oxygen atoms in total. The largest absolute Gasteiger partial charge is 0.494 e. The van der Waals surface area contributed by atoms with E-state index in [-0.39, 0.29) is 17.0 Å². The van der Waals surface area contributed by atoms with E-state index in [9.17, 15) is 13.6 Å². The van der Waals surface area contributed by atoms with E-state index in [4.69, 9.17) is 4.74 Å². The van der Waals surface area contributed by atoms with Crippen molar-refractivity contribution in [2.75, 3.05) is 12.4 Å². The lowest BCUT2D eigenvalue weighted by Crippen LogP contribution is -2.12. The normalized spacial score (nSPS) is 10.2. The SMILES string of the molecule is COc1ccc(NC(=O)c2ccc(F)cc2Br)cc1F. The van der Waals surface area contributed by atoms with Gasteiger partial charge in [0.2, 0.25) is 0 Å². The topological polar surface area (TPSA) is 38.3 Å². The van der Waals surface area contributed by atoms with Crippen molar-refractivity contribution in [3.05, 3.63) is 58.1 Å². The van der Waals surface area contributed by atoms with Gasteiger partial charge in [-0.25, -0.2) is 8.78 Å². The number of carbonyl (C=O) groups excluding carboxylic acids is 1. The molecule has 0 aliphatic heterocycles. The molecule has 0 spiro atoms. The molecule has 2 rings (SSSR count). The Hall–Kier alpha value is -1.95. The van der Waals surface area contributed by atoms with Crippen LogP contribution in [0.25, 0.3) is 0 Å². The monoisotopic (exact) mass is 341 g/mol. The number of benzene rings is 2. The van der Waals surface area contributed by atoms with Gasteiger partial charge in [-0.1, -0.05) is 0 Å². The van der Waals surface area contributed by atoms with Gasteiger partial charge in [0.05, 0.1) is 12.7 Å². The van der Waals surface area contributed by atoms with Crippen LogP contribution in [-0.2, 0) is 0 Å². The Morgan fingerprint density at radius 2 is 1.95 bits per heavy atom. The summed E-state index contributed by atoms with van der Waals surface area (Å²) in [7, 11) is 1.35. The van der Waals surface area contributed by atoms with Crippen molar-refractivity contribution < 1.29 is 18.3 Å². The van der Waals surface area contributed by atoms with Crippen molar-refractivity contribution in [2.24, 2.45) is 0 Å². The van der Waals surface area contributed by atoms with E-state index >= 15 is 0 Å². The third kappa shape index (κ3) is 3.14. The van der Waals surface area contributed by atoms with Crippen molar-refractivity contribution in [2.45, 2.75) is 0 Å². The molecule has 0 atom stereocenters. The maximum absolute atomic E-state index is 13.5.